The SMILES string of the molecule is CC(C)(C)C(=O)OCCN(Cn1cc(F)c(=O)[nH]c1=O)S(=O)(=O)c1ccc(N)cc1. The number of esters is 1. The van der Waals surface area contributed by atoms with Gasteiger partial charge in [-0.1, -0.05) is 0 Å². The Morgan fingerprint density at radius 1 is 1.23 bits per heavy atom. The van der Waals surface area contributed by atoms with Gasteiger partial charge < -0.3 is 10.5 Å². The summed E-state index contributed by atoms with van der Waals surface area (Å²) in [6, 6.07) is 5.32. The van der Waals surface area contributed by atoms with Crippen LogP contribution in [0, 0.1) is 11.2 Å². The number of nitrogen functional groups attached to an aromatic ring is 1. The van der Waals surface area contributed by atoms with Gasteiger partial charge in [-0.3, -0.25) is 19.1 Å². The number of carbonyl (C=O) groups excluding carboxylic acids is 1. The van der Waals surface area contributed by atoms with Crippen molar-refractivity contribution in [2.75, 3.05) is 18.9 Å². The van der Waals surface area contributed by atoms with Gasteiger partial charge in [0.1, 0.15) is 6.61 Å². The summed E-state index contributed by atoms with van der Waals surface area (Å²) in [6.07, 6.45) is 0.605. The van der Waals surface area contributed by atoms with Crippen LogP contribution >= 0.6 is 0 Å². The van der Waals surface area contributed by atoms with Gasteiger partial charge in [0, 0.05) is 5.69 Å². The van der Waals surface area contributed by atoms with E-state index < -0.39 is 45.1 Å². The Morgan fingerprint density at radius 3 is 2.40 bits per heavy atom. The third kappa shape index (κ3) is 5.54. The molecule has 0 fully saturated rings. The number of carbonyl (C=O) groups is 1. The van der Waals surface area contributed by atoms with Crippen LogP contribution in [0.4, 0.5) is 10.1 Å². The lowest BCUT2D eigenvalue weighted by atomic mass is 9.97. The van der Waals surface area contributed by atoms with Crippen molar-refractivity contribution in [3.05, 3.63) is 57.1 Å². The first-order valence-corrected chi connectivity index (χ1v) is 10.3. The van der Waals surface area contributed by atoms with Crippen LogP contribution < -0.4 is 17.0 Å². The number of aromatic amines is 1. The molecule has 30 heavy (non-hydrogen) atoms. The molecule has 0 aliphatic rings. The first kappa shape index (κ1) is 23.3. The molecule has 2 aromatic rings. The molecule has 164 valence electrons. The predicted molar refractivity (Wildman–Crippen MR) is 106 cm³/mol. The first-order chi connectivity index (χ1) is 13.8. The third-order valence-corrected chi connectivity index (χ3v) is 5.83. The van der Waals surface area contributed by atoms with Gasteiger partial charge in [-0.25, -0.2) is 13.2 Å². The molecule has 0 spiro atoms. The highest BCUT2D eigenvalue weighted by molar-refractivity contribution is 7.89. The quantitative estimate of drug-likeness (QED) is 0.469. The Kier molecular flexibility index (Phi) is 6.83. The zero-order valence-electron chi connectivity index (χ0n) is 16.7. The number of hydrogen-bond acceptors (Lipinski definition) is 7. The highest BCUT2D eigenvalue weighted by atomic mass is 32.2. The molecule has 0 aliphatic carbocycles. The number of benzene rings is 1. The van der Waals surface area contributed by atoms with Crippen molar-refractivity contribution in [3.63, 3.8) is 0 Å². The minimum atomic E-state index is -4.18. The van der Waals surface area contributed by atoms with Crippen molar-refractivity contribution in [1.29, 1.82) is 0 Å². The molecular formula is C18H23FN4O6S. The molecule has 0 saturated carbocycles. The van der Waals surface area contributed by atoms with E-state index in [1.165, 1.54) is 24.3 Å². The van der Waals surface area contributed by atoms with Gasteiger partial charge in [0.15, 0.2) is 0 Å². The molecule has 12 heteroatoms. The van der Waals surface area contributed by atoms with Gasteiger partial charge >= 0.3 is 11.7 Å². The van der Waals surface area contributed by atoms with Gasteiger partial charge in [0.05, 0.1) is 29.7 Å². The van der Waals surface area contributed by atoms with E-state index in [-0.39, 0.29) is 18.0 Å². The van der Waals surface area contributed by atoms with Crippen molar-refractivity contribution in [2.24, 2.45) is 5.41 Å². The van der Waals surface area contributed by atoms with E-state index in [0.29, 0.717) is 16.5 Å². The highest BCUT2D eigenvalue weighted by Crippen LogP contribution is 2.19. The van der Waals surface area contributed by atoms with Crippen LogP contribution in [0.1, 0.15) is 20.8 Å². The van der Waals surface area contributed by atoms with Gasteiger partial charge in [-0.05, 0) is 45.0 Å². The second-order valence-electron chi connectivity index (χ2n) is 7.48. The smallest absolute Gasteiger partial charge is 0.329 e. The predicted octanol–water partition coefficient (Wildman–Crippen LogP) is 0.496. The topological polar surface area (TPSA) is 145 Å². The number of H-pyrrole nitrogens is 1. The molecule has 1 aromatic carbocycles. The molecule has 0 bridgehead atoms. The Labute approximate surface area is 172 Å². The zero-order chi connectivity index (χ0) is 22.7. The summed E-state index contributed by atoms with van der Waals surface area (Å²) in [7, 11) is -4.18. The van der Waals surface area contributed by atoms with Crippen molar-refractivity contribution in [1.82, 2.24) is 13.9 Å². The van der Waals surface area contributed by atoms with Gasteiger partial charge in [-0.15, -0.1) is 0 Å². The van der Waals surface area contributed by atoms with Crippen LogP contribution in [0.2, 0.25) is 0 Å². The molecule has 0 atom stereocenters. The number of rotatable bonds is 7. The maximum atomic E-state index is 13.6. The summed E-state index contributed by atoms with van der Waals surface area (Å²) in [5, 5.41) is 0. The maximum Gasteiger partial charge on any atom is 0.329 e. The van der Waals surface area contributed by atoms with E-state index in [4.69, 9.17) is 10.5 Å². The van der Waals surface area contributed by atoms with E-state index >= 15 is 0 Å². The van der Waals surface area contributed by atoms with Crippen molar-refractivity contribution in [3.8, 4) is 0 Å². The van der Waals surface area contributed by atoms with Crippen molar-refractivity contribution < 1.29 is 22.3 Å². The largest absolute Gasteiger partial charge is 0.464 e. The number of nitrogens with one attached hydrogen (secondary N) is 1. The lowest BCUT2D eigenvalue weighted by Gasteiger charge is -2.24. The van der Waals surface area contributed by atoms with E-state index in [9.17, 15) is 27.2 Å². The van der Waals surface area contributed by atoms with Crippen LogP contribution in [-0.4, -0.2) is 41.4 Å². The van der Waals surface area contributed by atoms with E-state index in [2.05, 4.69) is 0 Å². The normalized spacial score (nSPS) is 12.2. The van der Waals surface area contributed by atoms with Gasteiger partial charge in [0.2, 0.25) is 15.8 Å². The first-order valence-electron chi connectivity index (χ1n) is 8.84. The molecule has 1 heterocycles. The number of hydrogen-bond donors (Lipinski definition) is 2. The number of ether oxygens (including phenoxy) is 1. The number of sulfonamides is 1. The Morgan fingerprint density at radius 2 is 1.83 bits per heavy atom. The van der Waals surface area contributed by atoms with Crippen LogP contribution in [0.25, 0.3) is 0 Å². The second-order valence-corrected chi connectivity index (χ2v) is 9.42. The van der Waals surface area contributed by atoms with E-state index in [1.807, 2.05) is 0 Å². The van der Waals surface area contributed by atoms with Crippen LogP contribution in [0.3, 0.4) is 0 Å². The molecule has 0 aliphatic heterocycles. The van der Waals surface area contributed by atoms with Gasteiger partial charge in [0.25, 0.3) is 5.56 Å². The minimum absolute atomic E-state index is 0.128. The third-order valence-electron chi connectivity index (χ3n) is 3.98. The summed E-state index contributed by atoms with van der Waals surface area (Å²) in [4.78, 5) is 36.8. The summed E-state index contributed by atoms with van der Waals surface area (Å²) in [5.41, 5.74) is 2.93. The molecule has 1 aromatic heterocycles. The number of anilines is 1. The molecule has 0 radical (unpaired) electrons. The van der Waals surface area contributed by atoms with Crippen molar-refractivity contribution >= 4 is 21.7 Å². The molecule has 0 unspecified atom stereocenters. The minimum Gasteiger partial charge on any atom is -0.464 e. The fourth-order valence-corrected chi connectivity index (χ4v) is 3.64. The number of halogens is 1. The average molecular weight is 442 g/mol. The Balaban J connectivity index is 2.36. The number of nitrogens with zero attached hydrogens (tertiary/aromatic N) is 2. The summed E-state index contributed by atoms with van der Waals surface area (Å²) < 4.78 is 46.3. The van der Waals surface area contributed by atoms with Crippen LogP contribution in [-0.2, 0) is 26.2 Å². The van der Waals surface area contributed by atoms with Crippen molar-refractivity contribution in [2.45, 2.75) is 32.3 Å². The summed E-state index contributed by atoms with van der Waals surface area (Å²) in [5.74, 6) is -1.79. The standard InChI is InChI=1S/C18H23FN4O6S/c1-18(2,3)16(25)29-9-8-23(11-22-10-14(19)15(24)21-17(22)26)30(27,28)13-6-4-12(20)5-7-13/h4-7,10H,8-9,11,20H2,1-3H3,(H,21,24,26). The van der Waals surface area contributed by atoms with E-state index in [0.717, 1.165) is 4.31 Å². The fraction of sp³-hybridized carbons (Fsp3) is 0.389. The van der Waals surface area contributed by atoms with E-state index in [1.54, 1.807) is 25.8 Å². The molecule has 0 amide bonds. The summed E-state index contributed by atoms with van der Waals surface area (Å²) in [6.45, 7) is 3.68. The monoisotopic (exact) mass is 442 g/mol. The fourth-order valence-electron chi connectivity index (χ4n) is 2.27. The molecule has 0 saturated heterocycles. The average Bonchev–Trinajstić information content (AvgIpc) is 2.64. The number of aromatic nitrogens is 2. The summed E-state index contributed by atoms with van der Waals surface area (Å²) >= 11 is 0. The molecule has 2 rings (SSSR count). The Hall–Kier alpha value is -2.99. The maximum absolute atomic E-state index is 13.6. The Bertz CT molecular complexity index is 1130. The molecular weight excluding hydrogens is 419 g/mol. The second kappa shape index (κ2) is 8.79. The van der Waals surface area contributed by atoms with Crippen LogP contribution in [0.5, 0.6) is 0 Å². The highest BCUT2D eigenvalue weighted by Gasteiger charge is 2.27. The van der Waals surface area contributed by atoms with Gasteiger partial charge in [-0.2, -0.15) is 8.70 Å². The molecule has 3 N–H and O–H groups in total. The van der Waals surface area contributed by atoms with Crippen LogP contribution in [0.15, 0.2) is 44.9 Å². The zero-order valence-corrected chi connectivity index (χ0v) is 17.5. The number of nitrogens with two attached hydrogens (primary N) is 1. The lowest BCUT2D eigenvalue weighted by Crippen LogP contribution is -2.41. The lowest BCUT2D eigenvalue weighted by molar-refractivity contribution is -0.153. The molecule has 10 nitrogen and oxygen atoms in total.